The van der Waals surface area contributed by atoms with Gasteiger partial charge in [-0.1, -0.05) is 13.0 Å². The molecule has 100 valence electrons. The molecule has 1 atom stereocenters. The first-order valence-electron chi connectivity index (χ1n) is 5.78. The van der Waals surface area contributed by atoms with Gasteiger partial charge < -0.3 is 15.2 Å². The van der Waals surface area contributed by atoms with Crippen molar-refractivity contribution in [3.8, 4) is 5.75 Å². The van der Waals surface area contributed by atoms with E-state index in [1.54, 1.807) is 7.11 Å². The highest BCUT2D eigenvalue weighted by atomic mass is 79.9. The van der Waals surface area contributed by atoms with Crippen LogP contribution in [0.2, 0.25) is 0 Å². The molecule has 18 heavy (non-hydrogen) atoms. The standard InChI is InChI=1S/C13H18BrNO3/c1-9(5-13(16)17)7-15-8-10-3-4-12(18-2)11(14)6-10/h3-4,6,9,15H,5,7-8H2,1-2H3,(H,16,17). The molecular formula is C13H18BrNO3. The number of halogens is 1. The van der Waals surface area contributed by atoms with Crippen molar-refractivity contribution in [3.63, 3.8) is 0 Å². The van der Waals surface area contributed by atoms with Crippen LogP contribution in [0.15, 0.2) is 22.7 Å². The van der Waals surface area contributed by atoms with E-state index >= 15 is 0 Å². The summed E-state index contributed by atoms with van der Waals surface area (Å²) >= 11 is 3.43. The predicted molar refractivity (Wildman–Crippen MR) is 73.8 cm³/mol. The first-order valence-corrected chi connectivity index (χ1v) is 6.57. The van der Waals surface area contributed by atoms with Crippen LogP contribution in [0, 0.1) is 5.92 Å². The quantitative estimate of drug-likeness (QED) is 0.812. The lowest BCUT2D eigenvalue weighted by Crippen LogP contribution is -2.22. The second-order valence-corrected chi connectivity index (χ2v) is 5.16. The molecule has 0 heterocycles. The van der Waals surface area contributed by atoms with Crippen LogP contribution in [0.5, 0.6) is 5.75 Å². The zero-order valence-electron chi connectivity index (χ0n) is 10.6. The summed E-state index contributed by atoms with van der Waals surface area (Å²) in [7, 11) is 1.63. The number of rotatable bonds is 7. The summed E-state index contributed by atoms with van der Waals surface area (Å²) in [6.45, 7) is 3.33. The van der Waals surface area contributed by atoms with E-state index in [1.165, 1.54) is 0 Å². The first kappa shape index (κ1) is 15.0. The fourth-order valence-corrected chi connectivity index (χ4v) is 2.24. The van der Waals surface area contributed by atoms with Crippen LogP contribution in [0.1, 0.15) is 18.9 Å². The number of benzene rings is 1. The van der Waals surface area contributed by atoms with Crippen molar-refractivity contribution in [2.45, 2.75) is 19.9 Å². The molecule has 1 unspecified atom stereocenters. The maximum atomic E-state index is 10.5. The fourth-order valence-electron chi connectivity index (χ4n) is 1.65. The summed E-state index contributed by atoms with van der Waals surface area (Å²) in [6, 6.07) is 5.88. The van der Waals surface area contributed by atoms with E-state index in [4.69, 9.17) is 9.84 Å². The van der Waals surface area contributed by atoms with Crippen molar-refractivity contribution in [1.82, 2.24) is 5.32 Å². The Labute approximate surface area is 115 Å². The van der Waals surface area contributed by atoms with Crippen LogP contribution in [0.3, 0.4) is 0 Å². The summed E-state index contributed by atoms with van der Waals surface area (Å²) in [5.41, 5.74) is 1.13. The average molecular weight is 316 g/mol. The largest absolute Gasteiger partial charge is 0.496 e. The summed E-state index contributed by atoms with van der Waals surface area (Å²) < 4.78 is 6.07. The van der Waals surface area contributed by atoms with E-state index in [9.17, 15) is 4.79 Å². The van der Waals surface area contributed by atoms with Crippen molar-refractivity contribution in [3.05, 3.63) is 28.2 Å². The highest BCUT2D eigenvalue weighted by Crippen LogP contribution is 2.25. The zero-order valence-corrected chi connectivity index (χ0v) is 12.2. The number of aliphatic carboxylic acids is 1. The highest BCUT2D eigenvalue weighted by molar-refractivity contribution is 9.10. The molecule has 0 saturated carbocycles. The van der Waals surface area contributed by atoms with Gasteiger partial charge in [-0.2, -0.15) is 0 Å². The molecule has 5 heteroatoms. The third-order valence-electron chi connectivity index (χ3n) is 2.56. The van der Waals surface area contributed by atoms with Gasteiger partial charge in [0.1, 0.15) is 5.75 Å². The molecule has 1 rings (SSSR count). The van der Waals surface area contributed by atoms with Crippen LogP contribution < -0.4 is 10.1 Å². The van der Waals surface area contributed by atoms with Crippen LogP contribution >= 0.6 is 15.9 Å². The summed E-state index contributed by atoms with van der Waals surface area (Å²) in [6.07, 6.45) is 0.194. The van der Waals surface area contributed by atoms with Gasteiger partial charge in [0.25, 0.3) is 0 Å². The van der Waals surface area contributed by atoms with Gasteiger partial charge in [0.15, 0.2) is 0 Å². The van der Waals surface area contributed by atoms with Crippen molar-refractivity contribution in [1.29, 1.82) is 0 Å². The van der Waals surface area contributed by atoms with Crippen LogP contribution in [-0.4, -0.2) is 24.7 Å². The molecule has 0 amide bonds. The molecule has 0 aromatic heterocycles. The number of carboxylic acid groups (broad SMARTS) is 1. The third-order valence-corrected chi connectivity index (χ3v) is 3.18. The molecule has 4 nitrogen and oxygen atoms in total. The van der Waals surface area contributed by atoms with E-state index in [0.717, 1.165) is 15.8 Å². The Balaban J connectivity index is 2.40. The molecule has 0 fully saturated rings. The topological polar surface area (TPSA) is 58.6 Å². The number of nitrogens with one attached hydrogen (secondary N) is 1. The van der Waals surface area contributed by atoms with Gasteiger partial charge in [0.05, 0.1) is 11.6 Å². The Morgan fingerprint density at radius 3 is 2.83 bits per heavy atom. The normalized spacial score (nSPS) is 12.2. The lowest BCUT2D eigenvalue weighted by molar-refractivity contribution is -0.137. The number of hydrogen-bond acceptors (Lipinski definition) is 3. The smallest absolute Gasteiger partial charge is 0.303 e. The SMILES string of the molecule is COc1ccc(CNCC(C)CC(=O)O)cc1Br. The molecule has 0 aliphatic heterocycles. The molecular weight excluding hydrogens is 298 g/mol. The van der Waals surface area contributed by atoms with Gasteiger partial charge in [0.2, 0.25) is 0 Å². The molecule has 0 radical (unpaired) electrons. The molecule has 0 spiro atoms. The fraction of sp³-hybridized carbons (Fsp3) is 0.462. The lowest BCUT2D eigenvalue weighted by Gasteiger charge is -2.11. The minimum Gasteiger partial charge on any atom is -0.496 e. The first-order chi connectivity index (χ1) is 8.52. The molecule has 1 aromatic rings. The molecule has 0 aliphatic carbocycles. The number of methoxy groups -OCH3 is 1. The minimum absolute atomic E-state index is 0.129. The van der Waals surface area contributed by atoms with Crippen molar-refractivity contribution >= 4 is 21.9 Å². The Hall–Kier alpha value is -1.07. The highest BCUT2D eigenvalue weighted by Gasteiger charge is 2.07. The van der Waals surface area contributed by atoms with E-state index < -0.39 is 5.97 Å². The summed E-state index contributed by atoms with van der Waals surface area (Å²) in [5.74, 6) is 0.179. The van der Waals surface area contributed by atoms with Gasteiger partial charge in [-0.15, -0.1) is 0 Å². The Bertz CT molecular complexity index is 409. The van der Waals surface area contributed by atoms with Gasteiger partial charge in [-0.25, -0.2) is 0 Å². The van der Waals surface area contributed by atoms with Crippen molar-refractivity contribution < 1.29 is 14.6 Å². The van der Waals surface area contributed by atoms with E-state index in [1.807, 2.05) is 25.1 Å². The number of carbonyl (C=O) groups is 1. The number of hydrogen-bond donors (Lipinski definition) is 2. The Morgan fingerprint density at radius 2 is 2.28 bits per heavy atom. The Morgan fingerprint density at radius 1 is 1.56 bits per heavy atom. The second-order valence-electron chi connectivity index (χ2n) is 4.30. The third kappa shape index (κ3) is 5.06. The maximum Gasteiger partial charge on any atom is 0.303 e. The summed E-state index contributed by atoms with van der Waals surface area (Å²) in [5, 5.41) is 11.9. The number of carboxylic acids is 1. The van der Waals surface area contributed by atoms with Gasteiger partial charge >= 0.3 is 5.97 Å². The second kappa shape index (κ2) is 7.38. The van der Waals surface area contributed by atoms with Crippen molar-refractivity contribution in [2.24, 2.45) is 5.92 Å². The van der Waals surface area contributed by atoms with Gasteiger partial charge in [0, 0.05) is 13.0 Å². The molecule has 0 aliphatic rings. The molecule has 0 bridgehead atoms. The number of ether oxygens (including phenoxy) is 1. The van der Waals surface area contributed by atoms with Gasteiger partial charge in [-0.3, -0.25) is 4.79 Å². The van der Waals surface area contributed by atoms with Crippen molar-refractivity contribution in [2.75, 3.05) is 13.7 Å². The van der Waals surface area contributed by atoms with E-state index in [0.29, 0.717) is 13.1 Å². The summed E-state index contributed by atoms with van der Waals surface area (Å²) in [4.78, 5) is 10.5. The predicted octanol–water partition coefficient (Wildman–Crippen LogP) is 2.66. The zero-order chi connectivity index (χ0) is 13.5. The molecule has 0 saturated heterocycles. The monoisotopic (exact) mass is 315 g/mol. The van der Waals surface area contributed by atoms with Gasteiger partial charge in [-0.05, 0) is 46.1 Å². The molecule has 2 N–H and O–H groups in total. The van der Waals surface area contributed by atoms with Crippen LogP contribution in [0.25, 0.3) is 0 Å². The van der Waals surface area contributed by atoms with Crippen LogP contribution in [0.4, 0.5) is 0 Å². The van der Waals surface area contributed by atoms with E-state index in [-0.39, 0.29) is 12.3 Å². The average Bonchev–Trinajstić information content (AvgIpc) is 2.28. The maximum absolute atomic E-state index is 10.5. The van der Waals surface area contributed by atoms with E-state index in [2.05, 4.69) is 21.2 Å². The van der Waals surface area contributed by atoms with Crippen LogP contribution in [-0.2, 0) is 11.3 Å². The lowest BCUT2D eigenvalue weighted by atomic mass is 10.1. The molecule has 1 aromatic carbocycles. The minimum atomic E-state index is -0.753. The Kier molecular flexibility index (Phi) is 6.15.